The zero-order valence-electron chi connectivity index (χ0n) is 14.6. The molecule has 2 aromatic rings. The lowest BCUT2D eigenvalue weighted by atomic mass is 9.93. The average molecular weight is 340 g/mol. The number of piperidine rings is 1. The Balaban J connectivity index is 1.77. The molecule has 0 aliphatic carbocycles. The van der Waals surface area contributed by atoms with Crippen molar-refractivity contribution in [1.82, 2.24) is 20.4 Å². The number of aryl methyl sites for hydroxylation is 1. The Morgan fingerprint density at radius 1 is 1.36 bits per heavy atom. The van der Waals surface area contributed by atoms with E-state index in [-0.39, 0.29) is 29.8 Å². The summed E-state index contributed by atoms with van der Waals surface area (Å²) >= 11 is 0. The van der Waals surface area contributed by atoms with Gasteiger partial charge in [0.1, 0.15) is 0 Å². The number of hydrogen-bond donors (Lipinski definition) is 2. The number of rotatable bonds is 5. The van der Waals surface area contributed by atoms with Crippen molar-refractivity contribution >= 4 is 11.8 Å². The third kappa shape index (κ3) is 3.73. The van der Waals surface area contributed by atoms with Gasteiger partial charge in [-0.05, 0) is 31.9 Å². The molecule has 2 unspecified atom stereocenters. The van der Waals surface area contributed by atoms with Crippen LogP contribution in [0.2, 0.25) is 0 Å². The molecule has 3 rings (SSSR count). The molecule has 132 valence electrons. The first-order valence-corrected chi connectivity index (χ1v) is 8.76. The van der Waals surface area contributed by atoms with Crippen molar-refractivity contribution in [3.63, 3.8) is 0 Å². The topological polar surface area (TPSA) is 76.0 Å². The van der Waals surface area contributed by atoms with Gasteiger partial charge in [0.2, 0.25) is 11.8 Å². The summed E-state index contributed by atoms with van der Waals surface area (Å²) in [4.78, 5) is 24.6. The van der Waals surface area contributed by atoms with E-state index in [4.69, 9.17) is 0 Å². The van der Waals surface area contributed by atoms with E-state index >= 15 is 0 Å². The molecule has 1 aromatic carbocycles. The third-order valence-corrected chi connectivity index (χ3v) is 4.79. The highest BCUT2D eigenvalue weighted by atomic mass is 16.2. The van der Waals surface area contributed by atoms with Crippen LogP contribution in [0.5, 0.6) is 0 Å². The normalized spacial score (nSPS) is 21.4. The molecule has 2 amide bonds. The first kappa shape index (κ1) is 17.2. The highest BCUT2D eigenvalue weighted by Gasteiger charge is 2.33. The minimum atomic E-state index is -0.254. The van der Waals surface area contributed by atoms with E-state index in [1.165, 1.54) is 0 Å². The van der Waals surface area contributed by atoms with Crippen LogP contribution in [0, 0.1) is 0 Å². The number of amides is 2. The SMILES string of the molecule is CCn1nccc1C1NC(=O)CCC1NC(=O)[C@H](C)c1ccccc1. The van der Waals surface area contributed by atoms with Gasteiger partial charge in [-0.2, -0.15) is 5.10 Å². The van der Waals surface area contributed by atoms with E-state index < -0.39 is 0 Å². The molecule has 1 aromatic heterocycles. The smallest absolute Gasteiger partial charge is 0.227 e. The van der Waals surface area contributed by atoms with Gasteiger partial charge in [0, 0.05) is 19.2 Å². The van der Waals surface area contributed by atoms with Gasteiger partial charge < -0.3 is 10.6 Å². The van der Waals surface area contributed by atoms with Gasteiger partial charge >= 0.3 is 0 Å². The molecule has 1 aliphatic heterocycles. The summed E-state index contributed by atoms with van der Waals surface area (Å²) in [5, 5.41) is 10.4. The zero-order chi connectivity index (χ0) is 17.8. The number of aromatic nitrogens is 2. The number of carbonyl (C=O) groups excluding carboxylic acids is 2. The van der Waals surface area contributed by atoms with Crippen LogP contribution in [-0.2, 0) is 16.1 Å². The summed E-state index contributed by atoms with van der Waals surface area (Å²) in [6, 6.07) is 11.2. The Morgan fingerprint density at radius 3 is 2.84 bits per heavy atom. The van der Waals surface area contributed by atoms with E-state index in [0.717, 1.165) is 17.8 Å². The van der Waals surface area contributed by atoms with Crippen molar-refractivity contribution in [2.75, 3.05) is 0 Å². The summed E-state index contributed by atoms with van der Waals surface area (Å²) in [6.07, 6.45) is 2.77. The number of carbonyl (C=O) groups is 2. The minimum Gasteiger partial charge on any atom is -0.350 e. The van der Waals surface area contributed by atoms with Crippen molar-refractivity contribution in [3.8, 4) is 0 Å². The fraction of sp³-hybridized carbons (Fsp3) is 0.421. The van der Waals surface area contributed by atoms with Crippen LogP contribution in [-0.4, -0.2) is 27.6 Å². The Hall–Kier alpha value is -2.63. The monoisotopic (exact) mass is 340 g/mol. The van der Waals surface area contributed by atoms with Gasteiger partial charge in [-0.25, -0.2) is 0 Å². The molecule has 0 bridgehead atoms. The van der Waals surface area contributed by atoms with Crippen molar-refractivity contribution in [2.24, 2.45) is 0 Å². The molecule has 6 nitrogen and oxygen atoms in total. The molecule has 2 heterocycles. The lowest BCUT2D eigenvalue weighted by Gasteiger charge is -2.33. The highest BCUT2D eigenvalue weighted by molar-refractivity contribution is 5.84. The Labute approximate surface area is 147 Å². The van der Waals surface area contributed by atoms with Gasteiger partial charge in [0.05, 0.1) is 23.7 Å². The van der Waals surface area contributed by atoms with Crippen LogP contribution in [0.25, 0.3) is 0 Å². The number of nitrogens with one attached hydrogen (secondary N) is 2. The molecular weight excluding hydrogens is 316 g/mol. The summed E-state index contributed by atoms with van der Waals surface area (Å²) in [5.41, 5.74) is 1.91. The predicted octanol–water partition coefficient (Wildman–Crippen LogP) is 2.14. The van der Waals surface area contributed by atoms with Crippen LogP contribution in [0.15, 0.2) is 42.6 Å². The number of nitrogens with zero attached hydrogens (tertiary/aromatic N) is 2. The minimum absolute atomic E-state index is 0.00969. The molecule has 0 radical (unpaired) electrons. The maximum Gasteiger partial charge on any atom is 0.227 e. The van der Waals surface area contributed by atoms with Crippen molar-refractivity contribution in [2.45, 2.75) is 51.2 Å². The lowest BCUT2D eigenvalue weighted by Crippen LogP contribution is -2.51. The standard InChI is InChI=1S/C19H24N4O2/c1-3-23-16(11-12-20-23)18-15(9-10-17(24)22-18)21-19(25)13(2)14-7-5-4-6-8-14/h4-8,11-13,15,18H,3,9-10H2,1-2H3,(H,21,25)(H,22,24)/t13-,15?,18?/m1/s1. The Kier molecular flexibility index (Phi) is 5.16. The molecule has 1 fully saturated rings. The van der Waals surface area contributed by atoms with Gasteiger partial charge in [-0.1, -0.05) is 30.3 Å². The van der Waals surface area contributed by atoms with Crippen molar-refractivity contribution in [1.29, 1.82) is 0 Å². The number of benzene rings is 1. The van der Waals surface area contributed by atoms with Crippen LogP contribution in [0.4, 0.5) is 0 Å². The van der Waals surface area contributed by atoms with Gasteiger partial charge in [0.15, 0.2) is 0 Å². The highest BCUT2D eigenvalue weighted by Crippen LogP contribution is 2.25. The second-order valence-electron chi connectivity index (χ2n) is 6.40. The molecule has 1 aliphatic rings. The van der Waals surface area contributed by atoms with E-state index in [1.54, 1.807) is 6.20 Å². The fourth-order valence-electron chi connectivity index (χ4n) is 3.31. The summed E-state index contributed by atoms with van der Waals surface area (Å²) in [7, 11) is 0. The van der Waals surface area contributed by atoms with E-state index in [0.29, 0.717) is 12.8 Å². The molecule has 0 spiro atoms. The van der Waals surface area contributed by atoms with Crippen LogP contribution in [0.1, 0.15) is 49.9 Å². The van der Waals surface area contributed by atoms with Crippen LogP contribution in [0.3, 0.4) is 0 Å². The molecule has 2 N–H and O–H groups in total. The summed E-state index contributed by atoms with van der Waals surface area (Å²) in [6.45, 7) is 4.62. The van der Waals surface area contributed by atoms with E-state index in [1.807, 2.05) is 54.9 Å². The quantitative estimate of drug-likeness (QED) is 0.875. The van der Waals surface area contributed by atoms with Gasteiger partial charge in [-0.3, -0.25) is 14.3 Å². The summed E-state index contributed by atoms with van der Waals surface area (Å²) in [5.74, 6) is -0.258. The first-order chi connectivity index (χ1) is 12.1. The fourth-order valence-corrected chi connectivity index (χ4v) is 3.31. The van der Waals surface area contributed by atoms with Crippen LogP contribution < -0.4 is 10.6 Å². The molecule has 25 heavy (non-hydrogen) atoms. The number of hydrogen-bond acceptors (Lipinski definition) is 3. The lowest BCUT2D eigenvalue weighted by molar-refractivity contribution is -0.127. The molecule has 0 saturated carbocycles. The van der Waals surface area contributed by atoms with E-state index in [2.05, 4.69) is 15.7 Å². The van der Waals surface area contributed by atoms with Crippen molar-refractivity contribution < 1.29 is 9.59 Å². The predicted molar refractivity (Wildman–Crippen MR) is 94.8 cm³/mol. The molecule has 1 saturated heterocycles. The molecular formula is C19H24N4O2. The molecule has 6 heteroatoms. The largest absolute Gasteiger partial charge is 0.350 e. The second kappa shape index (κ2) is 7.51. The second-order valence-corrected chi connectivity index (χ2v) is 6.40. The summed E-state index contributed by atoms with van der Waals surface area (Å²) < 4.78 is 1.86. The maximum absolute atomic E-state index is 12.7. The van der Waals surface area contributed by atoms with Crippen LogP contribution >= 0.6 is 0 Å². The Morgan fingerprint density at radius 2 is 2.12 bits per heavy atom. The maximum atomic E-state index is 12.7. The first-order valence-electron chi connectivity index (χ1n) is 8.76. The van der Waals surface area contributed by atoms with Gasteiger partial charge in [0.25, 0.3) is 0 Å². The third-order valence-electron chi connectivity index (χ3n) is 4.79. The molecule has 3 atom stereocenters. The zero-order valence-corrected chi connectivity index (χ0v) is 14.6. The van der Waals surface area contributed by atoms with Crippen molar-refractivity contribution in [3.05, 3.63) is 53.9 Å². The van der Waals surface area contributed by atoms with Gasteiger partial charge in [-0.15, -0.1) is 0 Å². The Bertz CT molecular complexity index is 741. The van der Waals surface area contributed by atoms with E-state index in [9.17, 15) is 9.59 Å². The average Bonchev–Trinajstić information content (AvgIpc) is 3.11.